The fourth-order valence-corrected chi connectivity index (χ4v) is 2.82. The number of carbonyl (C=O) groups is 2. The van der Waals surface area contributed by atoms with E-state index < -0.39 is 11.8 Å². The molecule has 0 radical (unpaired) electrons. The Morgan fingerprint density at radius 3 is 2.68 bits per heavy atom. The molecule has 0 unspecified atom stereocenters. The lowest BCUT2D eigenvalue weighted by Gasteiger charge is -2.19. The SMILES string of the molecule is O=C1C=C(Nc2cccc(N3CCCC3)c2)C(=O)N1CCO. The van der Waals surface area contributed by atoms with Crippen molar-refractivity contribution >= 4 is 23.2 Å². The number of benzene rings is 1. The summed E-state index contributed by atoms with van der Waals surface area (Å²) in [7, 11) is 0. The number of aliphatic hydroxyl groups excluding tert-OH is 1. The number of hydrogen-bond acceptors (Lipinski definition) is 5. The predicted octanol–water partition coefficient (Wildman–Crippen LogP) is 0.944. The molecule has 6 heteroatoms. The summed E-state index contributed by atoms with van der Waals surface area (Å²) in [6.07, 6.45) is 3.68. The second kappa shape index (κ2) is 6.19. The molecule has 2 heterocycles. The highest BCUT2D eigenvalue weighted by Crippen LogP contribution is 2.25. The van der Waals surface area contributed by atoms with Crippen LogP contribution < -0.4 is 10.2 Å². The lowest BCUT2D eigenvalue weighted by molar-refractivity contribution is -0.137. The molecule has 6 nitrogen and oxygen atoms in total. The van der Waals surface area contributed by atoms with Gasteiger partial charge in [-0.3, -0.25) is 14.5 Å². The Balaban J connectivity index is 1.73. The minimum Gasteiger partial charge on any atom is -0.395 e. The summed E-state index contributed by atoms with van der Waals surface area (Å²) in [6.45, 7) is 1.89. The Labute approximate surface area is 129 Å². The molecule has 2 aliphatic heterocycles. The molecule has 0 saturated carbocycles. The fraction of sp³-hybridized carbons (Fsp3) is 0.375. The van der Waals surface area contributed by atoms with Gasteiger partial charge in [0.15, 0.2) is 0 Å². The van der Waals surface area contributed by atoms with Gasteiger partial charge in [-0.15, -0.1) is 0 Å². The van der Waals surface area contributed by atoms with E-state index in [1.807, 2.05) is 24.3 Å². The van der Waals surface area contributed by atoms with Gasteiger partial charge >= 0.3 is 0 Å². The summed E-state index contributed by atoms with van der Waals surface area (Å²) in [5.41, 5.74) is 2.15. The Hall–Kier alpha value is -2.34. The van der Waals surface area contributed by atoms with Crippen molar-refractivity contribution in [2.24, 2.45) is 0 Å². The van der Waals surface area contributed by atoms with Crippen molar-refractivity contribution in [1.29, 1.82) is 0 Å². The Morgan fingerprint density at radius 2 is 1.95 bits per heavy atom. The molecule has 1 aromatic rings. The minimum atomic E-state index is -0.398. The maximum absolute atomic E-state index is 12.1. The molecular formula is C16H19N3O3. The van der Waals surface area contributed by atoms with Gasteiger partial charge in [0, 0.05) is 30.5 Å². The van der Waals surface area contributed by atoms with Gasteiger partial charge in [-0.2, -0.15) is 0 Å². The second-order valence-corrected chi connectivity index (χ2v) is 5.45. The third-order valence-electron chi connectivity index (χ3n) is 3.93. The summed E-state index contributed by atoms with van der Waals surface area (Å²) in [4.78, 5) is 27.2. The van der Waals surface area contributed by atoms with Crippen molar-refractivity contribution in [3.63, 3.8) is 0 Å². The van der Waals surface area contributed by atoms with Crippen LogP contribution in [0.15, 0.2) is 36.0 Å². The standard InChI is InChI=1S/C16H19N3O3/c20-9-8-19-15(21)11-14(16(19)22)17-12-4-3-5-13(10-12)18-6-1-2-7-18/h3-5,10-11,17,20H,1-2,6-9H2. The number of rotatable bonds is 5. The summed E-state index contributed by atoms with van der Waals surface area (Å²) in [6, 6.07) is 7.83. The number of anilines is 2. The van der Waals surface area contributed by atoms with Gasteiger partial charge in [0.2, 0.25) is 0 Å². The van der Waals surface area contributed by atoms with Gasteiger partial charge in [0.25, 0.3) is 11.8 Å². The largest absolute Gasteiger partial charge is 0.395 e. The van der Waals surface area contributed by atoms with E-state index in [1.165, 1.54) is 18.9 Å². The first-order chi connectivity index (χ1) is 10.7. The van der Waals surface area contributed by atoms with Crippen LogP contribution >= 0.6 is 0 Å². The first kappa shape index (κ1) is 14.6. The average molecular weight is 301 g/mol. The molecule has 116 valence electrons. The number of aliphatic hydroxyl groups is 1. The molecule has 0 bridgehead atoms. The van der Waals surface area contributed by atoms with Crippen LogP contribution in [0, 0.1) is 0 Å². The molecule has 0 aliphatic carbocycles. The highest BCUT2D eigenvalue weighted by atomic mass is 16.3. The monoisotopic (exact) mass is 301 g/mol. The van der Waals surface area contributed by atoms with E-state index in [0.29, 0.717) is 0 Å². The van der Waals surface area contributed by atoms with E-state index in [9.17, 15) is 9.59 Å². The Bertz CT molecular complexity index is 621. The van der Waals surface area contributed by atoms with E-state index in [1.54, 1.807) is 0 Å². The van der Waals surface area contributed by atoms with Crippen LogP contribution in [0.2, 0.25) is 0 Å². The molecular weight excluding hydrogens is 282 g/mol. The molecule has 2 amide bonds. The zero-order valence-corrected chi connectivity index (χ0v) is 12.3. The Morgan fingerprint density at radius 1 is 1.18 bits per heavy atom. The first-order valence-corrected chi connectivity index (χ1v) is 7.49. The van der Waals surface area contributed by atoms with Crippen LogP contribution in [0.5, 0.6) is 0 Å². The summed E-state index contributed by atoms with van der Waals surface area (Å²) in [5, 5.41) is 11.9. The molecule has 1 saturated heterocycles. The normalized spacial score (nSPS) is 18.1. The van der Waals surface area contributed by atoms with Crippen LogP contribution in [0.1, 0.15) is 12.8 Å². The highest BCUT2D eigenvalue weighted by molar-refractivity contribution is 6.17. The van der Waals surface area contributed by atoms with Gasteiger partial charge in [0.1, 0.15) is 5.70 Å². The zero-order chi connectivity index (χ0) is 15.5. The average Bonchev–Trinajstić information content (AvgIpc) is 3.13. The van der Waals surface area contributed by atoms with Crippen molar-refractivity contribution in [1.82, 2.24) is 4.90 Å². The first-order valence-electron chi connectivity index (χ1n) is 7.49. The second-order valence-electron chi connectivity index (χ2n) is 5.45. The maximum Gasteiger partial charge on any atom is 0.277 e. The number of nitrogens with zero attached hydrogens (tertiary/aromatic N) is 2. The molecule has 0 aromatic heterocycles. The fourth-order valence-electron chi connectivity index (χ4n) is 2.82. The smallest absolute Gasteiger partial charge is 0.277 e. The highest BCUT2D eigenvalue weighted by Gasteiger charge is 2.30. The van der Waals surface area contributed by atoms with Crippen molar-refractivity contribution in [3.8, 4) is 0 Å². The van der Waals surface area contributed by atoms with Gasteiger partial charge in [0.05, 0.1) is 13.2 Å². The van der Waals surface area contributed by atoms with E-state index in [-0.39, 0.29) is 18.8 Å². The predicted molar refractivity (Wildman–Crippen MR) is 83.4 cm³/mol. The molecule has 2 N–H and O–H groups in total. The Kier molecular flexibility index (Phi) is 4.11. The van der Waals surface area contributed by atoms with Crippen LogP contribution in [0.25, 0.3) is 0 Å². The topological polar surface area (TPSA) is 72.9 Å². The van der Waals surface area contributed by atoms with E-state index in [2.05, 4.69) is 10.2 Å². The van der Waals surface area contributed by atoms with E-state index >= 15 is 0 Å². The number of amides is 2. The van der Waals surface area contributed by atoms with Crippen molar-refractivity contribution in [2.75, 3.05) is 36.5 Å². The van der Waals surface area contributed by atoms with Crippen LogP contribution in [0.3, 0.4) is 0 Å². The van der Waals surface area contributed by atoms with Gasteiger partial charge < -0.3 is 15.3 Å². The molecule has 1 fully saturated rings. The molecule has 0 spiro atoms. The lowest BCUT2D eigenvalue weighted by atomic mass is 10.2. The van der Waals surface area contributed by atoms with Gasteiger partial charge in [-0.25, -0.2) is 0 Å². The van der Waals surface area contributed by atoms with E-state index in [0.717, 1.165) is 29.4 Å². The number of imide groups is 1. The number of β-amino-alcohol motifs (C(OH)–C–C–N with tert-alkyl or cyclic N) is 1. The molecule has 3 rings (SSSR count). The third-order valence-corrected chi connectivity index (χ3v) is 3.93. The van der Waals surface area contributed by atoms with Gasteiger partial charge in [-0.05, 0) is 31.0 Å². The zero-order valence-electron chi connectivity index (χ0n) is 12.3. The summed E-state index contributed by atoms with van der Waals surface area (Å²) >= 11 is 0. The third kappa shape index (κ3) is 2.82. The maximum atomic E-state index is 12.1. The van der Waals surface area contributed by atoms with Gasteiger partial charge in [-0.1, -0.05) is 6.07 Å². The van der Waals surface area contributed by atoms with Crippen molar-refractivity contribution < 1.29 is 14.7 Å². The van der Waals surface area contributed by atoms with E-state index in [4.69, 9.17) is 5.11 Å². The minimum absolute atomic E-state index is 0.0210. The lowest BCUT2D eigenvalue weighted by Crippen LogP contribution is -2.34. The summed E-state index contributed by atoms with van der Waals surface area (Å²) in [5.74, 6) is -0.789. The quantitative estimate of drug-likeness (QED) is 0.792. The number of hydrogen-bond donors (Lipinski definition) is 2. The molecule has 0 atom stereocenters. The van der Waals surface area contributed by atoms with Crippen LogP contribution in [-0.4, -0.2) is 48.1 Å². The molecule has 22 heavy (non-hydrogen) atoms. The molecule has 2 aliphatic rings. The van der Waals surface area contributed by atoms with Crippen molar-refractivity contribution in [2.45, 2.75) is 12.8 Å². The summed E-state index contributed by atoms with van der Waals surface area (Å²) < 4.78 is 0. The molecule has 1 aromatic carbocycles. The number of nitrogens with one attached hydrogen (secondary N) is 1. The van der Waals surface area contributed by atoms with Crippen molar-refractivity contribution in [3.05, 3.63) is 36.0 Å². The van der Waals surface area contributed by atoms with Crippen LogP contribution in [0.4, 0.5) is 11.4 Å². The number of carbonyl (C=O) groups excluding carboxylic acids is 2. The van der Waals surface area contributed by atoms with Crippen LogP contribution in [-0.2, 0) is 9.59 Å².